The van der Waals surface area contributed by atoms with Gasteiger partial charge < -0.3 is 14.5 Å². The number of Topliss-reactive ketones (excluding diaryl/α,β-unsaturated/α-hetero) is 1. The zero-order chi connectivity index (χ0) is 15.5. The summed E-state index contributed by atoms with van der Waals surface area (Å²) in [5, 5.41) is 2.92. The number of anilines is 1. The van der Waals surface area contributed by atoms with E-state index in [1.165, 1.54) is 6.92 Å². The largest absolute Gasteiger partial charge is 0.370 e. The van der Waals surface area contributed by atoms with E-state index >= 15 is 0 Å². The van der Waals surface area contributed by atoms with Gasteiger partial charge in [0.05, 0.1) is 20.3 Å². The summed E-state index contributed by atoms with van der Waals surface area (Å²) in [7, 11) is 2.09. The van der Waals surface area contributed by atoms with Crippen LogP contribution in [0.3, 0.4) is 0 Å². The third-order valence-electron chi connectivity index (χ3n) is 4.37. The van der Waals surface area contributed by atoms with Crippen LogP contribution in [0.15, 0.2) is 24.3 Å². The van der Waals surface area contributed by atoms with Crippen LogP contribution in [0.5, 0.6) is 0 Å². The van der Waals surface area contributed by atoms with Gasteiger partial charge in [-0.25, -0.2) is 0 Å². The number of ketones is 1. The molecule has 1 saturated heterocycles. The van der Waals surface area contributed by atoms with Crippen LogP contribution in [0.25, 0.3) is 0 Å². The number of nitrogens with one attached hydrogen (secondary N) is 1. The van der Waals surface area contributed by atoms with Crippen LogP contribution in [-0.4, -0.2) is 55.6 Å². The molecule has 1 aliphatic heterocycles. The minimum atomic E-state index is -0.138. The zero-order valence-corrected chi connectivity index (χ0v) is 12.9. The maximum atomic E-state index is 12.4. The van der Waals surface area contributed by atoms with E-state index in [2.05, 4.69) is 12.4 Å². The van der Waals surface area contributed by atoms with E-state index in [1.807, 2.05) is 6.92 Å². The number of carbonyl (C=O) groups is 2. The smallest absolute Gasteiger partial charge is 0.282 e. The molecule has 1 aromatic rings. The number of ether oxygens (including phenoxy) is 1. The lowest BCUT2D eigenvalue weighted by Crippen LogP contribution is -2.60. The third kappa shape index (κ3) is 3.68. The first kappa shape index (κ1) is 15.7. The van der Waals surface area contributed by atoms with Crippen molar-refractivity contribution < 1.29 is 18.8 Å². The molecule has 0 aromatic heterocycles. The highest BCUT2D eigenvalue weighted by atomic mass is 16.5. The number of benzene rings is 1. The van der Waals surface area contributed by atoms with Crippen molar-refractivity contribution in [1.82, 2.24) is 0 Å². The molecular formula is C16H23N2O3+. The summed E-state index contributed by atoms with van der Waals surface area (Å²) < 4.78 is 6.06. The predicted octanol–water partition coefficient (Wildman–Crippen LogP) is 1.69. The normalized spacial score (nSPS) is 18.8. The summed E-state index contributed by atoms with van der Waals surface area (Å²) in [6.07, 6.45) is 0. The first-order chi connectivity index (χ1) is 9.92. The van der Waals surface area contributed by atoms with Crippen LogP contribution in [0.2, 0.25) is 0 Å². The highest BCUT2D eigenvalue weighted by Crippen LogP contribution is 2.16. The minimum absolute atomic E-state index is 0.00465. The molecule has 1 amide bonds. The van der Waals surface area contributed by atoms with Crippen LogP contribution >= 0.6 is 0 Å². The van der Waals surface area contributed by atoms with Crippen LogP contribution in [0, 0.1) is 0 Å². The summed E-state index contributed by atoms with van der Waals surface area (Å²) >= 11 is 0. The first-order valence-corrected chi connectivity index (χ1v) is 7.26. The highest BCUT2D eigenvalue weighted by Gasteiger charge is 2.36. The maximum Gasteiger partial charge on any atom is 0.282 e. The van der Waals surface area contributed by atoms with Crippen LogP contribution in [0.1, 0.15) is 24.2 Å². The average molecular weight is 291 g/mol. The van der Waals surface area contributed by atoms with Crippen molar-refractivity contribution in [1.29, 1.82) is 0 Å². The van der Waals surface area contributed by atoms with E-state index in [0.29, 0.717) is 23.3 Å². The Hall–Kier alpha value is -1.72. The Balaban J connectivity index is 2.01. The molecule has 21 heavy (non-hydrogen) atoms. The van der Waals surface area contributed by atoms with Crippen LogP contribution < -0.4 is 5.32 Å². The molecule has 1 N–H and O–H groups in total. The fraction of sp³-hybridized carbons (Fsp3) is 0.500. The Labute approximate surface area is 125 Å². The van der Waals surface area contributed by atoms with Crippen molar-refractivity contribution in [3.05, 3.63) is 29.8 Å². The topological polar surface area (TPSA) is 55.4 Å². The van der Waals surface area contributed by atoms with Gasteiger partial charge in [-0.3, -0.25) is 9.59 Å². The minimum Gasteiger partial charge on any atom is -0.370 e. The molecule has 5 nitrogen and oxygen atoms in total. The number of hydrogen-bond acceptors (Lipinski definition) is 3. The fourth-order valence-corrected chi connectivity index (χ4v) is 2.47. The van der Waals surface area contributed by atoms with E-state index in [4.69, 9.17) is 4.74 Å². The molecule has 0 bridgehead atoms. The van der Waals surface area contributed by atoms with Gasteiger partial charge in [-0.2, -0.15) is 0 Å². The predicted molar refractivity (Wildman–Crippen MR) is 81.3 cm³/mol. The standard InChI is InChI=1S/C16H22N2O3/c1-12(18(3)8-10-21-11-9-18)16(20)17-15-6-4-14(5-7-15)13(2)19/h4-7,12H,8-11H2,1-3H3/p+1/t12-/m0/s1. The van der Waals surface area contributed by atoms with Crippen molar-refractivity contribution in [2.75, 3.05) is 38.7 Å². The Morgan fingerprint density at radius 3 is 2.29 bits per heavy atom. The van der Waals surface area contributed by atoms with E-state index < -0.39 is 0 Å². The van der Waals surface area contributed by atoms with Crippen molar-refractivity contribution >= 4 is 17.4 Å². The summed E-state index contributed by atoms with van der Waals surface area (Å²) in [6, 6.07) is 6.85. The number of hydrogen-bond donors (Lipinski definition) is 1. The van der Waals surface area contributed by atoms with Gasteiger partial charge in [0.1, 0.15) is 13.1 Å². The Morgan fingerprint density at radius 1 is 1.19 bits per heavy atom. The van der Waals surface area contributed by atoms with Gasteiger partial charge in [0.25, 0.3) is 5.91 Å². The lowest BCUT2D eigenvalue weighted by molar-refractivity contribution is -0.929. The van der Waals surface area contributed by atoms with Crippen molar-refractivity contribution in [3.63, 3.8) is 0 Å². The molecular weight excluding hydrogens is 268 g/mol. The molecule has 0 radical (unpaired) electrons. The SMILES string of the molecule is CC(=O)c1ccc(NC(=O)[C@H](C)[N+]2(C)CCOCC2)cc1. The van der Waals surface area contributed by atoms with Crippen molar-refractivity contribution in [3.8, 4) is 0 Å². The van der Waals surface area contributed by atoms with E-state index in [0.717, 1.165) is 18.8 Å². The van der Waals surface area contributed by atoms with Gasteiger partial charge in [-0.15, -0.1) is 0 Å². The zero-order valence-electron chi connectivity index (χ0n) is 12.9. The van der Waals surface area contributed by atoms with Crippen LogP contribution in [-0.2, 0) is 9.53 Å². The molecule has 2 rings (SSSR count). The van der Waals surface area contributed by atoms with Crippen molar-refractivity contribution in [2.24, 2.45) is 0 Å². The number of amides is 1. The number of quaternary nitrogens is 1. The number of morpholine rings is 1. The monoisotopic (exact) mass is 291 g/mol. The molecule has 1 fully saturated rings. The van der Waals surface area contributed by atoms with Crippen LogP contribution in [0.4, 0.5) is 5.69 Å². The lowest BCUT2D eigenvalue weighted by Gasteiger charge is -2.41. The number of nitrogens with zero attached hydrogens (tertiary/aromatic N) is 1. The Kier molecular flexibility index (Phi) is 4.75. The second kappa shape index (κ2) is 6.37. The summed E-state index contributed by atoms with van der Waals surface area (Å²) in [4.78, 5) is 23.6. The molecule has 1 aromatic carbocycles. The lowest BCUT2D eigenvalue weighted by atomic mass is 10.1. The van der Waals surface area contributed by atoms with Crippen molar-refractivity contribution in [2.45, 2.75) is 19.9 Å². The number of carbonyl (C=O) groups excluding carboxylic acids is 2. The maximum absolute atomic E-state index is 12.4. The van der Waals surface area contributed by atoms with Gasteiger partial charge in [0.15, 0.2) is 11.8 Å². The molecule has 5 heteroatoms. The molecule has 1 heterocycles. The first-order valence-electron chi connectivity index (χ1n) is 7.26. The molecule has 0 saturated carbocycles. The van der Waals surface area contributed by atoms with Gasteiger partial charge in [-0.1, -0.05) is 0 Å². The summed E-state index contributed by atoms with van der Waals surface area (Å²) in [5.74, 6) is 0.0163. The summed E-state index contributed by atoms with van der Waals surface area (Å²) in [6.45, 7) is 6.56. The van der Waals surface area contributed by atoms with E-state index in [-0.39, 0.29) is 17.7 Å². The molecule has 1 atom stereocenters. The average Bonchev–Trinajstić information content (AvgIpc) is 2.47. The fourth-order valence-electron chi connectivity index (χ4n) is 2.47. The number of rotatable bonds is 4. The molecule has 0 aliphatic carbocycles. The quantitative estimate of drug-likeness (QED) is 0.678. The van der Waals surface area contributed by atoms with Gasteiger partial charge in [-0.05, 0) is 38.1 Å². The third-order valence-corrected chi connectivity index (χ3v) is 4.37. The Morgan fingerprint density at radius 2 is 1.76 bits per heavy atom. The molecule has 0 unspecified atom stereocenters. The van der Waals surface area contributed by atoms with E-state index in [1.54, 1.807) is 24.3 Å². The number of likely N-dealkylation sites (N-methyl/N-ethyl adjacent to an activating group) is 1. The van der Waals surface area contributed by atoms with Gasteiger partial charge >= 0.3 is 0 Å². The van der Waals surface area contributed by atoms with Gasteiger partial charge in [0.2, 0.25) is 0 Å². The molecule has 0 spiro atoms. The van der Waals surface area contributed by atoms with E-state index in [9.17, 15) is 9.59 Å². The van der Waals surface area contributed by atoms with Gasteiger partial charge in [0, 0.05) is 11.3 Å². The second-order valence-corrected chi connectivity index (χ2v) is 5.84. The second-order valence-electron chi connectivity index (χ2n) is 5.84. The molecule has 1 aliphatic rings. The molecule has 114 valence electrons. The Bertz CT molecular complexity index is 519. The summed E-state index contributed by atoms with van der Waals surface area (Å²) in [5.41, 5.74) is 1.37. The highest BCUT2D eigenvalue weighted by molar-refractivity contribution is 5.96.